The maximum Gasteiger partial charge on any atom is 0.249 e. The normalized spacial score (nSPS) is 17.0. The largest absolute Gasteiger partial charge is 0.381 e. The highest BCUT2D eigenvalue weighted by molar-refractivity contribution is 5.85. The van der Waals surface area contributed by atoms with Crippen molar-refractivity contribution in [3.05, 3.63) is 35.5 Å². The minimum Gasteiger partial charge on any atom is -0.381 e. The predicted octanol–water partition coefficient (Wildman–Crippen LogP) is 2.54. The SMILES string of the molecule is Cc1cc(-c2noc(C(C)NC(=O)C3(CN)CCOCC3)n2)ccc1F.Cl. The molecule has 0 radical (unpaired) electrons. The second-order valence-electron chi connectivity index (χ2n) is 6.71. The number of hydrogen-bond acceptors (Lipinski definition) is 6. The smallest absolute Gasteiger partial charge is 0.249 e. The zero-order chi connectivity index (χ0) is 18.7. The quantitative estimate of drug-likeness (QED) is 0.802. The van der Waals surface area contributed by atoms with Gasteiger partial charge in [0.1, 0.15) is 11.9 Å². The fourth-order valence-electron chi connectivity index (χ4n) is 3.01. The van der Waals surface area contributed by atoms with E-state index < -0.39 is 11.5 Å². The van der Waals surface area contributed by atoms with Crippen LogP contribution in [0.25, 0.3) is 11.4 Å². The Morgan fingerprint density at radius 2 is 2.11 bits per heavy atom. The lowest BCUT2D eigenvalue weighted by Gasteiger charge is -2.35. The van der Waals surface area contributed by atoms with Crippen LogP contribution >= 0.6 is 12.4 Å². The molecule has 1 amide bonds. The highest BCUT2D eigenvalue weighted by Crippen LogP contribution is 2.30. The third-order valence-corrected chi connectivity index (χ3v) is 4.90. The van der Waals surface area contributed by atoms with Crippen molar-refractivity contribution in [1.29, 1.82) is 0 Å². The number of carbonyl (C=O) groups is 1. The number of nitrogens with two attached hydrogens (primary N) is 1. The van der Waals surface area contributed by atoms with Gasteiger partial charge in [0.2, 0.25) is 17.6 Å². The molecular weight excluding hydrogens is 375 g/mol. The highest BCUT2D eigenvalue weighted by Gasteiger charge is 2.39. The van der Waals surface area contributed by atoms with E-state index in [4.69, 9.17) is 15.0 Å². The second-order valence-corrected chi connectivity index (χ2v) is 6.71. The van der Waals surface area contributed by atoms with Gasteiger partial charge in [0.05, 0.1) is 5.41 Å². The van der Waals surface area contributed by atoms with E-state index in [0.717, 1.165) is 0 Å². The van der Waals surface area contributed by atoms with Crippen molar-refractivity contribution in [2.24, 2.45) is 11.1 Å². The van der Waals surface area contributed by atoms with E-state index in [-0.39, 0.29) is 36.6 Å². The molecule has 1 saturated heterocycles. The lowest BCUT2D eigenvalue weighted by molar-refractivity contribution is -0.136. The summed E-state index contributed by atoms with van der Waals surface area (Å²) in [5, 5.41) is 6.84. The number of ether oxygens (including phenoxy) is 1. The molecule has 3 N–H and O–H groups in total. The van der Waals surface area contributed by atoms with Crippen LogP contribution in [-0.2, 0) is 9.53 Å². The molecule has 1 aromatic carbocycles. The van der Waals surface area contributed by atoms with Crippen molar-refractivity contribution in [2.75, 3.05) is 19.8 Å². The van der Waals surface area contributed by atoms with Crippen LogP contribution < -0.4 is 11.1 Å². The summed E-state index contributed by atoms with van der Waals surface area (Å²) in [5.41, 5.74) is 6.39. The summed E-state index contributed by atoms with van der Waals surface area (Å²) in [6.45, 7) is 4.75. The van der Waals surface area contributed by atoms with Crippen LogP contribution in [0.3, 0.4) is 0 Å². The van der Waals surface area contributed by atoms with Crippen molar-refractivity contribution in [3.8, 4) is 11.4 Å². The molecule has 27 heavy (non-hydrogen) atoms. The van der Waals surface area contributed by atoms with Crippen LogP contribution in [0.1, 0.15) is 37.3 Å². The summed E-state index contributed by atoms with van der Waals surface area (Å²) in [6.07, 6.45) is 1.18. The zero-order valence-corrected chi connectivity index (χ0v) is 16.1. The van der Waals surface area contributed by atoms with E-state index in [2.05, 4.69) is 15.5 Å². The maximum atomic E-state index is 13.4. The average Bonchev–Trinajstić information content (AvgIpc) is 3.14. The van der Waals surface area contributed by atoms with Crippen molar-refractivity contribution in [3.63, 3.8) is 0 Å². The van der Waals surface area contributed by atoms with Gasteiger partial charge >= 0.3 is 0 Å². The van der Waals surface area contributed by atoms with Gasteiger partial charge in [-0.25, -0.2) is 4.39 Å². The van der Waals surface area contributed by atoms with Crippen LogP contribution in [0.2, 0.25) is 0 Å². The first-order valence-corrected chi connectivity index (χ1v) is 8.64. The number of aromatic nitrogens is 2. The van der Waals surface area contributed by atoms with E-state index in [1.54, 1.807) is 26.0 Å². The van der Waals surface area contributed by atoms with Gasteiger partial charge in [0.25, 0.3) is 0 Å². The number of rotatable bonds is 5. The van der Waals surface area contributed by atoms with Crippen LogP contribution in [0.4, 0.5) is 4.39 Å². The molecule has 0 spiro atoms. The van der Waals surface area contributed by atoms with Crippen molar-refractivity contribution >= 4 is 18.3 Å². The number of carbonyl (C=O) groups excluding carboxylic acids is 1. The highest BCUT2D eigenvalue weighted by atomic mass is 35.5. The van der Waals surface area contributed by atoms with Crippen LogP contribution in [0, 0.1) is 18.2 Å². The monoisotopic (exact) mass is 398 g/mol. The molecule has 1 aliphatic rings. The molecule has 0 aliphatic carbocycles. The first-order chi connectivity index (χ1) is 12.4. The molecule has 2 aromatic rings. The molecule has 0 bridgehead atoms. The summed E-state index contributed by atoms with van der Waals surface area (Å²) >= 11 is 0. The fourth-order valence-corrected chi connectivity index (χ4v) is 3.01. The Kier molecular flexibility index (Phi) is 6.91. The standard InChI is InChI=1S/C18H23FN4O3.ClH/c1-11-9-13(3-4-14(11)19)15-22-16(26-23-15)12(2)21-17(24)18(10-20)5-7-25-8-6-18;/h3-4,9,12H,5-8,10,20H2,1-2H3,(H,21,24);1H. The van der Waals surface area contributed by atoms with Gasteiger partial charge in [-0.1, -0.05) is 5.16 Å². The number of halogens is 2. The fraction of sp³-hybridized carbons (Fsp3) is 0.500. The number of benzene rings is 1. The van der Waals surface area contributed by atoms with Crippen molar-refractivity contribution in [1.82, 2.24) is 15.5 Å². The first-order valence-electron chi connectivity index (χ1n) is 8.64. The van der Waals surface area contributed by atoms with Gasteiger partial charge < -0.3 is 20.3 Å². The number of aryl methyl sites for hydroxylation is 1. The molecule has 148 valence electrons. The Bertz CT molecular complexity index is 793. The number of nitrogens with zero attached hydrogens (tertiary/aromatic N) is 2. The molecule has 0 saturated carbocycles. The Labute approximate surface area is 163 Å². The second kappa shape index (κ2) is 8.77. The van der Waals surface area contributed by atoms with Crippen molar-refractivity contribution in [2.45, 2.75) is 32.7 Å². The minimum absolute atomic E-state index is 0. The van der Waals surface area contributed by atoms with E-state index in [9.17, 15) is 9.18 Å². The molecule has 1 aromatic heterocycles. The molecule has 1 aliphatic heterocycles. The predicted molar refractivity (Wildman–Crippen MR) is 99.8 cm³/mol. The minimum atomic E-state index is -0.622. The van der Waals surface area contributed by atoms with Crippen LogP contribution in [-0.4, -0.2) is 35.8 Å². The molecule has 1 fully saturated rings. The van der Waals surface area contributed by atoms with Gasteiger partial charge in [0, 0.05) is 25.3 Å². The summed E-state index contributed by atoms with van der Waals surface area (Å²) in [5.74, 6) is 0.216. The third-order valence-electron chi connectivity index (χ3n) is 4.90. The molecule has 1 atom stereocenters. The lowest BCUT2D eigenvalue weighted by Crippen LogP contribution is -2.49. The van der Waals surface area contributed by atoms with Gasteiger partial charge in [-0.2, -0.15) is 4.98 Å². The summed E-state index contributed by atoms with van der Waals surface area (Å²) in [6, 6.07) is 4.14. The van der Waals surface area contributed by atoms with E-state index in [1.807, 2.05) is 0 Å². The number of amides is 1. The molecule has 1 unspecified atom stereocenters. The topological polar surface area (TPSA) is 103 Å². The summed E-state index contributed by atoms with van der Waals surface area (Å²) in [7, 11) is 0. The Balaban J connectivity index is 0.00000261. The summed E-state index contributed by atoms with van der Waals surface area (Å²) < 4.78 is 24.0. The lowest BCUT2D eigenvalue weighted by atomic mass is 9.79. The summed E-state index contributed by atoms with van der Waals surface area (Å²) in [4.78, 5) is 17.0. The Hall–Kier alpha value is -2.03. The third kappa shape index (κ3) is 4.45. The van der Waals surface area contributed by atoms with Crippen LogP contribution in [0.5, 0.6) is 0 Å². The van der Waals surface area contributed by atoms with E-state index >= 15 is 0 Å². The molecule has 7 nitrogen and oxygen atoms in total. The first kappa shape index (κ1) is 21.3. The van der Waals surface area contributed by atoms with Gasteiger partial charge in [-0.05, 0) is 50.5 Å². The van der Waals surface area contributed by atoms with Gasteiger partial charge in [-0.15, -0.1) is 12.4 Å². The van der Waals surface area contributed by atoms with Gasteiger partial charge in [0.15, 0.2) is 0 Å². The molecule has 2 heterocycles. The Morgan fingerprint density at radius 1 is 1.41 bits per heavy atom. The Morgan fingerprint density at radius 3 is 2.74 bits per heavy atom. The van der Waals surface area contributed by atoms with Gasteiger partial charge in [-0.3, -0.25) is 4.79 Å². The molecule has 9 heteroatoms. The molecule has 3 rings (SSSR count). The average molecular weight is 399 g/mol. The van der Waals surface area contributed by atoms with Crippen LogP contribution in [0.15, 0.2) is 22.7 Å². The maximum absolute atomic E-state index is 13.4. The van der Waals surface area contributed by atoms with E-state index in [1.165, 1.54) is 6.07 Å². The number of nitrogens with one attached hydrogen (secondary N) is 1. The zero-order valence-electron chi connectivity index (χ0n) is 15.3. The number of hydrogen-bond donors (Lipinski definition) is 2. The van der Waals surface area contributed by atoms with E-state index in [0.29, 0.717) is 43.0 Å². The molecular formula is C18H24ClFN4O3. The van der Waals surface area contributed by atoms with Crippen molar-refractivity contribution < 1.29 is 18.4 Å².